The molecule has 2 N–H and O–H groups in total. The van der Waals surface area contributed by atoms with Crippen molar-refractivity contribution in [3.8, 4) is 0 Å². The number of pyridine rings is 1. The zero-order valence-corrected chi connectivity index (χ0v) is 11.0. The fourth-order valence-electron chi connectivity index (χ4n) is 2.12. The lowest BCUT2D eigenvalue weighted by atomic mass is 9.98. The summed E-state index contributed by atoms with van der Waals surface area (Å²) >= 11 is 0. The molecule has 1 heterocycles. The SMILES string of the molecule is COC(C)CCC(N)c1cncc2ccccc12. The highest BCUT2D eigenvalue weighted by Gasteiger charge is 2.11. The van der Waals surface area contributed by atoms with Crippen molar-refractivity contribution < 1.29 is 4.74 Å². The molecule has 3 nitrogen and oxygen atoms in total. The number of benzene rings is 1. The minimum atomic E-state index is 0.0150. The molecule has 0 saturated carbocycles. The van der Waals surface area contributed by atoms with Crippen LogP contribution in [0.25, 0.3) is 10.8 Å². The molecule has 0 amide bonds. The lowest BCUT2D eigenvalue weighted by Crippen LogP contribution is -2.14. The Bertz CT molecular complexity index is 507. The number of fused-ring (bicyclic) bond motifs is 1. The third kappa shape index (κ3) is 2.86. The van der Waals surface area contributed by atoms with Gasteiger partial charge in [-0.2, -0.15) is 0 Å². The van der Waals surface area contributed by atoms with Gasteiger partial charge in [0.25, 0.3) is 0 Å². The van der Waals surface area contributed by atoms with Crippen LogP contribution in [0.3, 0.4) is 0 Å². The van der Waals surface area contributed by atoms with E-state index in [9.17, 15) is 0 Å². The van der Waals surface area contributed by atoms with Gasteiger partial charge in [0.2, 0.25) is 0 Å². The molecule has 0 aliphatic carbocycles. The van der Waals surface area contributed by atoms with Crippen LogP contribution in [0.4, 0.5) is 0 Å². The molecular formula is C15H20N2O. The molecule has 3 heteroatoms. The predicted octanol–water partition coefficient (Wildman–Crippen LogP) is 3.05. The van der Waals surface area contributed by atoms with E-state index in [-0.39, 0.29) is 12.1 Å². The molecule has 18 heavy (non-hydrogen) atoms. The second kappa shape index (κ2) is 5.94. The molecule has 0 fully saturated rings. The van der Waals surface area contributed by atoms with Gasteiger partial charge in [0, 0.05) is 30.9 Å². The van der Waals surface area contributed by atoms with Gasteiger partial charge < -0.3 is 10.5 Å². The molecule has 0 bridgehead atoms. The minimum Gasteiger partial charge on any atom is -0.382 e. The highest BCUT2D eigenvalue weighted by molar-refractivity contribution is 5.84. The number of nitrogens with two attached hydrogens (primary N) is 1. The van der Waals surface area contributed by atoms with Gasteiger partial charge in [0.05, 0.1) is 6.10 Å². The molecule has 96 valence electrons. The molecule has 2 aromatic rings. The predicted molar refractivity (Wildman–Crippen MR) is 74.4 cm³/mol. The van der Waals surface area contributed by atoms with Crippen LogP contribution in [0.1, 0.15) is 31.4 Å². The maximum atomic E-state index is 6.27. The van der Waals surface area contributed by atoms with Gasteiger partial charge in [-0.05, 0) is 30.7 Å². The van der Waals surface area contributed by atoms with Gasteiger partial charge in [0.15, 0.2) is 0 Å². The Labute approximate surface area is 108 Å². The van der Waals surface area contributed by atoms with Crippen LogP contribution in [0, 0.1) is 0 Å². The molecule has 2 atom stereocenters. The van der Waals surface area contributed by atoms with Gasteiger partial charge >= 0.3 is 0 Å². The average molecular weight is 244 g/mol. The lowest BCUT2D eigenvalue weighted by Gasteiger charge is -2.16. The Hall–Kier alpha value is -1.45. The Kier molecular flexibility index (Phi) is 4.28. The molecule has 0 aliphatic heterocycles. The third-order valence-corrected chi connectivity index (χ3v) is 3.39. The van der Waals surface area contributed by atoms with E-state index < -0.39 is 0 Å². The Morgan fingerprint density at radius 3 is 2.78 bits per heavy atom. The first kappa shape index (κ1) is 13.0. The summed E-state index contributed by atoms with van der Waals surface area (Å²) < 4.78 is 5.25. The van der Waals surface area contributed by atoms with Gasteiger partial charge in [0.1, 0.15) is 0 Å². The number of nitrogens with zero attached hydrogens (tertiary/aromatic N) is 1. The van der Waals surface area contributed by atoms with E-state index in [4.69, 9.17) is 10.5 Å². The Morgan fingerprint density at radius 2 is 2.00 bits per heavy atom. The van der Waals surface area contributed by atoms with Crippen molar-refractivity contribution in [2.75, 3.05) is 7.11 Å². The minimum absolute atomic E-state index is 0.0150. The number of ether oxygens (including phenoxy) is 1. The zero-order chi connectivity index (χ0) is 13.0. The van der Waals surface area contributed by atoms with Gasteiger partial charge in [-0.25, -0.2) is 0 Å². The number of rotatable bonds is 5. The van der Waals surface area contributed by atoms with Crippen molar-refractivity contribution in [1.82, 2.24) is 4.98 Å². The Balaban J connectivity index is 2.19. The van der Waals surface area contributed by atoms with Gasteiger partial charge in [-0.3, -0.25) is 4.98 Å². The molecule has 0 saturated heterocycles. The zero-order valence-electron chi connectivity index (χ0n) is 11.0. The largest absolute Gasteiger partial charge is 0.382 e. The fourth-order valence-corrected chi connectivity index (χ4v) is 2.12. The molecule has 2 unspecified atom stereocenters. The highest BCUT2D eigenvalue weighted by atomic mass is 16.5. The standard InChI is InChI=1S/C15H20N2O/c1-11(18-2)7-8-15(16)14-10-17-9-12-5-3-4-6-13(12)14/h3-6,9-11,15H,7-8,16H2,1-2H3. The van der Waals surface area contributed by atoms with Crippen molar-refractivity contribution in [3.05, 3.63) is 42.2 Å². The average Bonchev–Trinajstić information content (AvgIpc) is 2.43. The van der Waals surface area contributed by atoms with Crippen LogP contribution in [0.5, 0.6) is 0 Å². The first-order chi connectivity index (χ1) is 8.72. The molecule has 2 rings (SSSR count). The van der Waals surface area contributed by atoms with Gasteiger partial charge in [-0.1, -0.05) is 24.3 Å². The van der Waals surface area contributed by atoms with Crippen molar-refractivity contribution in [2.45, 2.75) is 31.9 Å². The summed E-state index contributed by atoms with van der Waals surface area (Å²) in [5.74, 6) is 0. The van der Waals surface area contributed by atoms with Crippen LogP contribution in [0.2, 0.25) is 0 Å². The summed E-state index contributed by atoms with van der Waals surface area (Å²) in [5, 5.41) is 2.34. The van der Waals surface area contributed by atoms with Crippen molar-refractivity contribution >= 4 is 10.8 Å². The first-order valence-electron chi connectivity index (χ1n) is 6.33. The van der Waals surface area contributed by atoms with E-state index >= 15 is 0 Å². The summed E-state index contributed by atoms with van der Waals surface area (Å²) in [6, 6.07) is 8.24. The summed E-state index contributed by atoms with van der Waals surface area (Å²) in [5.41, 5.74) is 7.39. The second-order valence-electron chi connectivity index (χ2n) is 4.68. The monoisotopic (exact) mass is 244 g/mol. The maximum absolute atomic E-state index is 6.27. The fraction of sp³-hybridized carbons (Fsp3) is 0.400. The molecule has 1 aromatic heterocycles. The number of hydrogen-bond acceptors (Lipinski definition) is 3. The molecule has 0 aliphatic rings. The normalized spacial score (nSPS) is 14.6. The maximum Gasteiger partial charge on any atom is 0.0543 e. The van der Waals surface area contributed by atoms with Gasteiger partial charge in [-0.15, -0.1) is 0 Å². The summed E-state index contributed by atoms with van der Waals surface area (Å²) in [6.45, 7) is 2.06. The second-order valence-corrected chi connectivity index (χ2v) is 4.68. The van der Waals surface area contributed by atoms with E-state index in [1.807, 2.05) is 24.5 Å². The van der Waals surface area contributed by atoms with Crippen molar-refractivity contribution in [1.29, 1.82) is 0 Å². The van der Waals surface area contributed by atoms with Crippen LogP contribution in [-0.2, 0) is 4.74 Å². The summed E-state index contributed by atoms with van der Waals surface area (Å²) in [6.07, 6.45) is 5.87. The van der Waals surface area contributed by atoms with E-state index in [0.29, 0.717) is 0 Å². The van der Waals surface area contributed by atoms with E-state index in [1.165, 1.54) is 5.39 Å². The lowest BCUT2D eigenvalue weighted by molar-refractivity contribution is 0.107. The van der Waals surface area contributed by atoms with Crippen LogP contribution < -0.4 is 5.73 Å². The van der Waals surface area contributed by atoms with Crippen molar-refractivity contribution in [3.63, 3.8) is 0 Å². The quantitative estimate of drug-likeness (QED) is 0.879. The van der Waals surface area contributed by atoms with Crippen LogP contribution >= 0.6 is 0 Å². The van der Waals surface area contributed by atoms with Crippen LogP contribution in [-0.4, -0.2) is 18.2 Å². The highest BCUT2D eigenvalue weighted by Crippen LogP contribution is 2.24. The molecule has 0 radical (unpaired) electrons. The topological polar surface area (TPSA) is 48.1 Å². The number of aromatic nitrogens is 1. The Morgan fingerprint density at radius 1 is 1.22 bits per heavy atom. The van der Waals surface area contributed by atoms with E-state index in [0.717, 1.165) is 23.8 Å². The molecule has 0 spiro atoms. The summed E-state index contributed by atoms with van der Waals surface area (Å²) in [4.78, 5) is 4.27. The summed E-state index contributed by atoms with van der Waals surface area (Å²) in [7, 11) is 1.73. The first-order valence-corrected chi connectivity index (χ1v) is 6.33. The smallest absolute Gasteiger partial charge is 0.0543 e. The molecular weight excluding hydrogens is 224 g/mol. The van der Waals surface area contributed by atoms with Crippen molar-refractivity contribution in [2.24, 2.45) is 5.73 Å². The van der Waals surface area contributed by atoms with E-state index in [2.05, 4.69) is 24.0 Å². The third-order valence-electron chi connectivity index (χ3n) is 3.39. The van der Waals surface area contributed by atoms with Crippen LogP contribution in [0.15, 0.2) is 36.7 Å². The number of hydrogen-bond donors (Lipinski definition) is 1. The van der Waals surface area contributed by atoms with E-state index in [1.54, 1.807) is 7.11 Å². The number of methoxy groups -OCH3 is 1. The molecule has 1 aromatic carbocycles.